The van der Waals surface area contributed by atoms with Crippen molar-refractivity contribution in [3.05, 3.63) is 29.8 Å². The van der Waals surface area contributed by atoms with Crippen LogP contribution in [0.2, 0.25) is 0 Å². The number of ether oxygens (including phenoxy) is 3. The highest BCUT2D eigenvalue weighted by Gasteiger charge is 2.64. The molecule has 24 heavy (non-hydrogen) atoms. The van der Waals surface area contributed by atoms with Crippen LogP contribution in [-0.4, -0.2) is 24.8 Å². The van der Waals surface area contributed by atoms with Gasteiger partial charge in [0.2, 0.25) is 0 Å². The Morgan fingerprint density at radius 2 is 2.08 bits per heavy atom. The number of rotatable bonds is 2. The highest BCUT2D eigenvalue weighted by atomic mass is 16.5. The second-order valence-electron chi connectivity index (χ2n) is 8.12. The van der Waals surface area contributed by atoms with Gasteiger partial charge < -0.3 is 14.2 Å². The van der Waals surface area contributed by atoms with E-state index in [0.717, 1.165) is 17.7 Å². The van der Waals surface area contributed by atoms with E-state index < -0.39 is 0 Å². The van der Waals surface area contributed by atoms with E-state index in [1.807, 2.05) is 18.2 Å². The van der Waals surface area contributed by atoms with E-state index in [4.69, 9.17) is 14.2 Å². The monoisotopic (exact) mass is 330 g/mol. The van der Waals surface area contributed by atoms with Crippen LogP contribution in [-0.2, 0) is 14.3 Å². The maximum Gasteiger partial charge on any atom is 0.302 e. The summed E-state index contributed by atoms with van der Waals surface area (Å²) < 4.78 is 18.4. The molecule has 4 heteroatoms. The van der Waals surface area contributed by atoms with Crippen molar-refractivity contribution in [2.24, 2.45) is 23.2 Å². The summed E-state index contributed by atoms with van der Waals surface area (Å²) in [7, 11) is 0. The summed E-state index contributed by atoms with van der Waals surface area (Å²) in [6.45, 7) is 9.30. The van der Waals surface area contributed by atoms with Gasteiger partial charge in [-0.05, 0) is 31.2 Å². The van der Waals surface area contributed by atoms with Gasteiger partial charge in [0.15, 0.2) is 0 Å². The van der Waals surface area contributed by atoms with Gasteiger partial charge >= 0.3 is 5.97 Å². The van der Waals surface area contributed by atoms with Crippen molar-refractivity contribution in [1.29, 1.82) is 0 Å². The maximum absolute atomic E-state index is 11.4. The summed E-state index contributed by atoms with van der Waals surface area (Å²) >= 11 is 0. The van der Waals surface area contributed by atoms with E-state index >= 15 is 0 Å². The van der Waals surface area contributed by atoms with Crippen molar-refractivity contribution < 1.29 is 19.0 Å². The summed E-state index contributed by atoms with van der Waals surface area (Å²) in [5, 5.41) is 0. The first-order valence-corrected chi connectivity index (χ1v) is 8.90. The van der Waals surface area contributed by atoms with Gasteiger partial charge in [-0.15, -0.1) is 0 Å². The number of para-hydroxylation sites is 1. The highest BCUT2D eigenvalue weighted by Crippen LogP contribution is 2.63. The third-order valence-electron chi connectivity index (χ3n) is 6.81. The van der Waals surface area contributed by atoms with E-state index in [1.165, 1.54) is 6.92 Å². The Kier molecular flexibility index (Phi) is 3.47. The third-order valence-corrected chi connectivity index (χ3v) is 6.81. The molecule has 1 aliphatic carbocycles. The molecule has 0 unspecified atom stereocenters. The summed E-state index contributed by atoms with van der Waals surface area (Å²) in [6.07, 6.45) is 1.02. The minimum atomic E-state index is -0.238. The molecule has 0 aromatic heterocycles. The van der Waals surface area contributed by atoms with Gasteiger partial charge in [0.1, 0.15) is 11.4 Å². The van der Waals surface area contributed by atoms with E-state index in [9.17, 15) is 4.79 Å². The first kappa shape index (κ1) is 15.9. The van der Waals surface area contributed by atoms with Crippen molar-refractivity contribution in [1.82, 2.24) is 0 Å². The zero-order valence-corrected chi connectivity index (χ0v) is 14.9. The fraction of sp³-hybridized carbons (Fsp3) is 0.650. The minimum absolute atomic E-state index is 0.0629. The van der Waals surface area contributed by atoms with Crippen LogP contribution in [0, 0.1) is 23.2 Å². The van der Waals surface area contributed by atoms with Crippen molar-refractivity contribution in [2.45, 2.75) is 45.8 Å². The maximum atomic E-state index is 11.4. The zero-order chi connectivity index (χ0) is 17.1. The molecule has 3 aliphatic rings. The van der Waals surface area contributed by atoms with Gasteiger partial charge in [0.05, 0.1) is 19.3 Å². The molecule has 4 rings (SSSR count). The average Bonchev–Trinajstić information content (AvgIpc) is 2.52. The van der Waals surface area contributed by atoms with E-state index in [-0.39, 0.29) is 29.0 Å². The first-order valence-electron chi connectivity index (χ1n) is 8.90. The molecule has 2 bridgehead atoms. The van der Waals surface area contributed by atoms with Gasteiger partial charge in [-0.2, -0.15) is 0 Å². The number of carbonyl (C=O) groups excluding carboxylic acids is 1. The molecule has 2 aliphatic heterocycles. The van der Waals surface area contributed by atoms with Crippen molar-refractivity contribution in [2.75, 3.05) is 13.2 Å². The number of carbonyl (C=O) groups is 1. The lowest BCUT2D eigenvalue weighted by Crippen LogP contribution is -2.66. The normalized spacial score (nSPS) is 42.7. The van der Waals surface area contributed by atoms with Gasteiger partial charge in [-0.3, -0.25) is 4.79 Å². The quantitative estimate of drug-likeness (QED) is 0.775. The molecule has 0 N–H and O–H groups in total. The Bertz CT molecular complexity index is 671. The Hall–Kier alpha value is -1.55. The van der Waals surface area contributed by atoms with E-state index in [2.05, 4.69) is 26.8 Å². The molecule has 1 aromatic carbocycles. The number of esters is 1. The van der Waals surface area contributed by atoms with Crippen LogP contribution in [0.25, 0.3) is 0 Å². The number of hydrogen-bond donors (Lipinski definition) is 0. The second kappa shape index (κ2) is 5.22. The van der Waals surface area contributed by atoms with Crippen LogP contribution >= 0.6 is 0 Å². The fourth-order valence-corrected chi connectivity index (χ4v) is 5.49. The van der Waals surface area contributed by atoms with Gasteiger partial charge in [0.25, 0.3) is 0 Å². The largest absolute Gasteiger partial charge is 0.487 e. The molecular formula is C20H26O4. The van der Waals surface area contributed by atoms with Crippen LogP contribution in [0.15, 0.2) is 24.3 Å². The molecule has 130 valence electrons. The molecule has 4 nitrogen and oxygen atoms in total. The molecule has 1 saturated heterocycles. The van der Waals surface area contributed by atoms with Crippen LogP contribution in [0.3, 0.4) is 0 Å². The number of benzene rings is 1. The van der Waals surface area contributed by atoms with Crippen molar-refractivity contribution in [3.8, 4) is 5.75 Å². The van der Waals surface area contributed by atoms with Crippen LogP contribution < -0.4 is 4.74 Å². The lowest BCUT2D eigenvalue weighted by atomic mass is 9.50. The van der Waals surface area contributed by atoms with Crippen LogP contribution in [0.1, 0.15) is 45.8 Å². The summed E-state index contributed by atoms with van der Waals surface area (Å²) in [6, 6.07) is 8.23. The average molecular weight is 330 g/mol. The summed E-state index contributed by atoms with van der Waals surface area (Å²) in [4.78, 5) is 11.4. The summed E-state index contributed by atoms with van der Waals surface area (Å²) in [5.74, 6) is 1.73. The lowest BCUT2D eigenvalue weighted by Gasteiger charge is -2.63. The second-order valence-corrected chi connectivity index (χ2v) is 8.12. The Morgan fingerprint density at radius 1 is 1.33 bits per heavy atom. The molecule has 0 radical (unpaired) electrons. The van der Waals surface area contributed by atoms with Crippen molar-refractivity contribution in [3.63, 3.8) is 0 Å². The molecule has 2 heterocycles. The lowest BCUT2D eigenvalue weighted by molar-refractivity contribution is -0.261. The smallest absolute Gasteiger partial charge is 0.302 e. The third kappa shape index (κ3) is 2.05. The zero-order valence-electron chi connectivity index (χ0n) is 14.9. The minimum Gasteiger partial charge on any atom is -0.487 e. The molecule has 2 fully saturated rings. The highest BCUT2D eigenvalue weighted by molar-refractivity contribution is 5.65. The Labute approximate surface area is 143 Å². The Balaban J connectivity index is 1.76. The standard InChI is InChI=1S/C20H26O4/c1-12-9-19(4)17-13(2)20(12,10-22-14(3)21)11-23-18(17)15-7-5-6-8-16(15)24-19/h5-8,12-13,17-18H,9-11H2,1-4H3/t12-,13-,17-,18+,19+,20-/m0/s1. The predicted molar refractivity (Wildman–Crippen MR) is 89.7 cm³/mol. The van der Waals surface area contributed by atoms with Crippen LogP contribution in [0.5, 0.6) is 5.75 Å². The van der Waals surface area contributed by atoms with Gasteiger partial charge in [-0.25, -0.2) is 0 Å². The molecule has 0 amide bonds. The van der Waals surface area contributed by atoms with Crippen molar-refractivity contribution >= 4 is 5.97 Å². The molecular weight excluding hydrogens is 304 g/mol. The number of hydrogen-bond acceptors (Lipinski definition) is 4. The molecule has 1 saturated carbocycles. The predicted octanol–water partition coefficient (Wildman–Crippen LogP) is 3.75. The summed E-state index contributed by atoms with van der Waals surface area (Å²) in [5.41, 5.74) is 0.794. The SMILES string of the molecule is CC(=O)OC[C@]12CO[C@@H]3c4ccccc4O[C@](C)(C[C@@H]1C)[C@H]3[C@@H]2C. The topological polar surface area (TPSA) is 44.8 Å². The molecule has 1 aromatic rings. The fourth-order valence-electron chi connectivity index (χ4n) is 5.49. The van der Waals surface area contributed by atoms with E-state index in [1.54, 1.807) is 0 Å². The number of fused-ring (bicyclic) bond motifs is 3. The molecule has 6 atom stereocenters. The Morgan fingerprint density at radius 3 is 2.83 bits per heavy atom. The first-order chi connectivity index (χ1) is 11.4. The van der Waals surface area contributed by atoms with E-state index in [0.29, 0.717) is 25.0 Å². The molecule has 0 spiro atoms. The van der Waals surface area contributed by atoms with Gasteiger partial charge in [0, 0.05) is 23.8 Å². The van der Waals surface area contributed by atoms with Gasteiger partial charge in [-0.1, -0.05) is 32.0 Å². The van der Waals surface area contributed by atoms with Crippen LogP contribution in [0.4, 0.5) is 0 Å².